The van der Waals surface area contributed by atoms with Gasteiger partial charge in [0.2, 0.25) is 5.01 Å². The van der Waals surface area contributed by atoms with Gasteiger partial charge in [-0.2, -0.15) is 0 Å². The van der Waals surface area contributed by atoms with Gasteiger partial charge in [0.25, 0.3) is 5.69 Å². The van der Waals surface area contributed by atoms with Crippen LogP contribution in [0, 0.1) is 17.0 Å². The molecule has 1 aromatic carbocycles. The fraction of sp³-hybridized carbons (Fsp3) is 0.167. The van der Waals surface area contributed by atoms with Gasteiger partial charge in [-0.1, -0.05) is 12.1 Å². The number of hydrogen-bond donors (Lipinski definition) is 0. The second kappa shape index (κ2) is 5.15. The zero-order valence-electron chi connectivity index (χ0n) is 10.2. The molecule has 1 aromatic heterocycles. The lowest BCUT2D eigenvalue weighted by Gasteiger charge is -2.00. The molecule has 19 heavy (non-hydrogen) atoms. The van der Waals surface area contributed by atoms with Gasteiger partial charge in [0.1, 0.15) is 0 Å². The third-order valence-corrected chi connectivity index (χ3v) is 3.39. The van der Waals surface area contributed by atoms with Crippen molar-refractivity contribution in [1.29, 1.82) is 0 Å². The van der Waals surface area contributed by atoms with Crippen LogP contribution >= 0.6 is 11.3 Å². The molecular formula is C12H10N2O4S. The maximum absolute atomic E-state index is 11.3. The number of nitrogens with zero attached hydrogens (tertiary/aromatic N) is 2. The van der Waals surface area contributed by atoms with Crippen LogP contribution in [0.15, 0.2) is 23.6 Å². The number of benzene rings is 1. The van der Waals surface area contributed by atoms with Crippen molar-refractivity contribution in [2.24, 2.45) is 0 Å². The molecule has 2 aromatic rings. The van der Waals surface area contributed by atoms with Gasteiger partial charge in [-0.25, -0.2) is 9.78 Å². The highest BCUT2D eigenvalue weighted by Gasteiger charge is 2.15. The van der Waals surface area contributed by atoms with Gasteiger partial charge in [0.05, 0.1) is 17.7 Å². The van der Waals surface area contributed by atoms with E-state index in [1.165, 1.54) is 13.2 Å². The molecular weight excluding hydrogens is 268 g/mol. The molecule has 98 valence electrons. The topological polar surface area (TPSA) is 82.3 Å². The summed E-state index contributed by atoms with van der Waals surface area (Å²) in [5.41, 5.74) is 1.74. The van der Waals surface area contributed by atoms with Gasteiger partial charge in [0, 0.05) is 22.6 Å². The Kier molecular flexibility index (Phi) is 3.57. The number of methoxy groups -OCH3 is 1. The van der Waals surface area contributed by atoms with Crippen LogP contribution in [0.3, 0.4) is 0 Å². The number of thiazole rings is 1. The Morgan fingerprint density at radius 1 is 1.47 bits per heavy atom. The van der Waals surface area contributed by atoms with Crippen LogP contribution in [0.2, 0.25) is 0 Å². The fourth-order valence-corrected chi connectivity index (χ4v) is 2.30. The molecule has 0 saturated carbocycles. The summed E-state index contributed by atoms with van der Waals surface area (Å²) in [4.78, 5) is 25.8. The summed E-state index contributed by atoms with van der Waals surface area (Å²) in [6.07, 6.45) is 0. The fourth-order valence-electron chi connectivity index (χ4n) is 1.55. The number of nitro groups is 1. The Morgan fingerprint density at radius 2 is 2.21 bits per heavy atom. The lowest BCUT2D eigenvalue weighted by atomic mass is 10.1. The maximum Gasteiger partial charge on any atom is 0.367 e. The van der Waals surface area contributed by atoms with Crippen molar-refractivity contribution >= 4 is 23.0 Å². The highest BCUT2D eigenvalue weighted by Crippen LogP contribution is 2.27. The van der Waals surface area contributed by atoms with Crippen LogP contribution < -0.4 is 0 Å². The molecule has 0 aliphatic heterocycles. The molecule has 0 spiro atoms. The van der Waals surface area contributed by atoms with Crippen molar-refractivity contribution in [2.45, 2.75) is 6.92 Å². The largest absolute Gasteiger partial charge is 0.464 e. The highest BCUT2D eigenvalue weighted by atomic mass is 32.1. The van der Waals surface area contributed by atoms with E-state index in [9.17, 15) is 14.9 Å². The Labute approximate surface area is 112 Å². The van der Waals surface area contributed by atoms with E-state index in [2.05, 4.69) is 9.72 Å². The summed E-state index contributed by atoms with van der Waals surface area (Å²) < 4.78 is 4.57. The minimum atomic E-state index is -0.516. The van der Waals surface area contributed by atoms with E-state index in [1.807, 2.05) is 0 Å². The highest BCUT2D eigenvalue weighted by molar-refractivity contribution is 7.11. The molecule has 0 fully saturated rings. The van der Waals surface area contributed by atoms with Crippen LogP contribution in [-0.4, -0.2) is 23.0 Å². The Morgan fingerprint density at radius 3 is 2.84 bits per heavy atom. The number of esters is 1. The Bertz CT molecular complexity index is 651. The van der Waals surface area contributed by atoms with Gasteiger partial charge in [-0.3, -0.25) is 10.1 Å². The van der Waals surface area contributed by atoms with Gasteiger partial charge in [0.15, 0.2) is 0 Å². The molecule has 0 amide bonds. The van der Waals surface area contributed by atoms with Crippen LogP contribution in [-0.2, 0) is 4.74 Å². The molecule has 0 atom stereocenters. The van der Waals surface area contributed by atoms with E-state index in [0.29, 0.717) is 16.8 Å². The summed E-state index contributed by atoms with van der Waals surface area (Å²) in [6, 6.07) is 4.84. The number of nitro benzene ring substituents is 1. The molecule has 0 unspecified atom stereocenters. The van der Waals surface area contributed by atoms with Crippen molar-refractivity contribution in [2.75, 3.05) is 7.11 Å². The molecule has 7 heteroatoms. The van der Waals surface area contributed by atoms with Crippen LogP contribution in [0.25, 0.3) is 11.3 Å². The monoisotopic (exact) mass is 278 g/mol. The molecule has 0 N–H and O–H groups in total. The molecule has 2 rings (SSSR count). The van der Waals surface area contributed by atoms with Crippen molar-refractivity contribution in [3.05, 3.63) is 44.3 Å². The first-order valence-electron chi connectivity index (χ1n) is 5.32. The summed E-state index contributed by atoms with van der Waals surface area (Å²) in [6.45, 7) is 1.67. The average Bonchev–Trinajstić information content (AvgIpc) is 2.87. The summed E-state index contributed by atoms with van der Waals surface area (Å²) in [5.74, 6) is -0.516. The quantitative estimate of drug-likeness (QED) is 0.490. The van der Waals surface area contributed by atoms with Crippen molar-refractivity contribution in [3.8, 4) is 11.3 Å². The van der Waals surface area contributed by atoms with Crippen LogP contribution in [0.1, 0.15) is 15.4 Å². The van der Waals surface area contributed by atoms with E-state index < -0.39 is 10.9 Å². The third kappa shape index (κ3) is 2.60. The van der Waals surface area contributed by atoms with E-state index in [4.69, 9.17) is 0 Å². The Hall–Kier alpha value is -2.28. The molecule has 0 bridgehead atoms. The van der Waals surface area contributed by atoms with Crippen LogP contribution in [0.4, 0.5) is 5.69 Å². The second-order valence-corrected chi connectivity index (χ2v) is 4.65. The number of aromatic nitrogens is 1. The van der Waals surface area contributed by atoms with E-state index in [1.54, 1.807) is 24.4 Å². The first-order valence-corrected chi connectivity index (χ1v) is 6.20. The smallest absolute Gasteiger partial charge is 0.367 e. The normalized spacial score (nSPS) is 10.2. The predicted octanol–water partition coefficient (Wildman–Crippen LogP) is 2.81. The van der Waals surface area contributed by atoms with Gasteiger partial charge >= 0.3 is 5.97 Å². The van der Waals surface area contributed by atoms with Crippen molar-refractivity contribution in [1.82, 2.24) is 4.98 Å². The van der Waals surface area contributed by atoms with Crippen LogP contribution in [0.5, 0.6) is 0 Å². The lowest BCUT2D eigenvalue weighted by Crippen LogP contribution is -1.99. The third-order valence-electron chi connectivity index (χ3n) is 2.57. The molecule has 0 aliphatic carbocycles. The molecule has 0 aliphatic rings. The number of aryl methyl sites for hydroxylation is 1. The first-order chi connectivity index (χ1) is 9.02. The molecule has 0 radical (unpaired) electrons. The number of ether oxygens (including phenoxy) is 1. The van der Waals surface area contributed by atoms with Gasteiger partial charge in [-0.05, 0) is 6.92 Å². The maximum atomic E-state index is 11.3. The van der Waals surface area contributed by atoms with Crippen molar-refractivity contribution < 1.29 is 14.5 Å². The minimum absolute atomic E-state index is 0.0325. The van der Waals surface area contributed by atoms with Crippen molar-refractivity contribution in [3.63, 3.8) is 0 Å². The molecule has 0 saturated heterocycles. The van der Waals surface area contributed by atoms with E-state index in [0.717, 1.165) is 11.3 Å². The minimum Gasteiger partial charge on any atom is -0.464 e. The molecule has 6 nitrogen and oxygen atoms in total. The standard InChI is InChI=1S/C12H10N2O4S/c1-7-3-4-8(5-10(7)14(16)17)9-6-19-11(13-9)12(15)18-2/h3-6H,1-2H3. The number of carbonyl (C=O) groups excluding carboxylic acids is 1. The summed E-state index contributed by atoms with van der Waals surface area (Å²) >= 11 is 1.14. The zero-order chi connectivity index (χ0) is 14.0. The van der Waals surface area contributed by atoms with Gasteiger partial charge < -0.3 is 4.74 Å². The first kappa shape index (κ1) is 13.2. The second-order valence-electron chi connectivity index (χ2n) is 3.79. The number of carbonyl (C=O) groups is 1. The molecule has 1 heterocycles. The SMILES string of the molecule is COC(=O)c1nc(-c2ccc(C)c([N+](=O)[O-])c2)cs1. The summed E-state index contributed by atoms with van der Waals surface area (Å²) in [7, 11) is 1.28. The lowest BCUT2D eigenvalue weighted by molar-refractivity contribution is -0.385. The van der Waals surface area contributed by atoms with E-state index >= 15 is 0 Å². The summed E-state index contributed by atoms with van der Waals surface area (Å²) in [5, 5.41) is 12.8. The van der Waals surface area contributed by atoms with Gasteiger partial charge in [-0.15, -0.1) is 11.3 Å². The van der Waals surface area contributed by atoms with E-state index in [-0.39, 0.29) is 10.7 Å². The average molecular weight is 278 g/mol. The zero-order valence-corrected chi connectivity index (χ0v) is 11.1. The number of rotatable bonds is 3. The predicted molar refractivity (Wildman–Crippen MR) is 70.3 cm³/mol. The number of hydrogen-bond acceptors (Lipinski definition) is 6. The Balaban J connectivity index is 2.42.